The van der Waals surface area contributed by atoms with E-state index in [1.807, 2.05) is 29.2 Å². The van der Waals surface area contributed by atoms with Crippen LogP contribution in [-0.4, -0.2) is 53.8 Å². The number of carbonyl (C=O) groups is 2. The zero-order chi connectivity index (χ0) is 22.6. The lowest BCUT2D eigenvalue weighted by atomic mass is 10.1. The van der Waals surface area contributed by atoms with Crippen molar-refractivity contribution in [1.82, 2.24) is 9.80 Å². The number of halogens is 3. The van der Waals surface area contributed by atoms with Crippen LogP contribution in [0.2, 0.25) is 0 Å². The minimum atomic E-state index is -4.55. The van der Waals surface area contributed by atoms with Crippen LogP contribution in [-0.2, 0) is 17.4 Å². The van der Waals surface area contributed by atoms with Crippen molar-refractivity contribution < 1.29 is 22.8 Å². The van der Waals surface area contributed by atoms with Crippen molar-refractivity contribution in [1.29, 1.82) is 0 Å². The second-order valence-corrected chi connectivity index (χ2v) is 7.59. The molecule has 1 unspecified atom stereocenters. The van der Waals surface area contributed by atoms with E-state index in [0.717, 1.165) is 18.1 Å². The van der Waals surface area contributed by atoms with Gasteiger partial charge in [-0.3, -0.25) is 14.5 Å². The topological polar surface area (TPSA) is 52.7 Å². The maximum absolute atomic E-state index is 13.2. The second-order valence-electron chi connectivity index (χ2n) is 7.59. The van der Waals surface area contributed by atoms with Crippen LogP contribution in [0.4, 0.5) is 18.9 Å². The molecule has 8 heteroatoms. The molecular weight excluding hydrogens is 407 g/mol. The fourth-order valence-electron chi connectivity index (χ4n) is 3.62. The Morgan fingerprint density at radius 3 is 2.19 bits per heavy atom. The molecule has 1 saturated heterocycles. The number of alkyl halides is 3. The lowest BCUT2D eigenvalue weighted by Crippen LogP contribution is -2.54. The Hall–Kier alpha value is -2.87. The number of nitrogens with one attached hydrogen (secondary N) is 1. The van der Waals surface area contributed by atoms with Gasteiger partial charge in [0.1, 0.15) is 0 Å². The minimum absolute atomic E-state index is 0.0569. The van der Waals surface area contributed by atoms with Gasteiger partial charge < -0.3 is 10.2 Å². The summed E-state index contributed by atoms with van der Waals surface area (Å²) < 4.78 is 39.5. The zero-order valence-corrected chi connectivity index (χ0v) is 17.6. The number of carbonyl (C=O) groups excluding carboxylic acids is 2. The van der Waals surface area contributed by atoms with Gasteiger partial charge in [-0.25, -0.2) is 0 Å². The van der Waals surface area contributed by atoms with Gasteiger partial charge in [-0.2, -0.15) is 13.2 Å². The van der Waals surface area contributed by atoms with E-state index in [0.29, 0.717) is 31.7 Å². The summed E-state index contributed by atoms with van der Waals surface area (Å²) in [5, 5.41) is 2.40. The highest BCUT2D eigenvalue weighted by atomic mass is 19.4. The Morgan fingerprint density at radius 1 is 1.00 bits per heavy atom. The summed E-state index contributed by atoms with van der Waals surface area (Å²) >= 11 is 0. The van der Waals surface area contributed by atoms with E-state index in [-0.39, 0.29) is 11.6 Å². The number of hydrogen-bond donors (Lipinski definition) is 1. The molecule has 0 saturated carbocycles. The standard InChI is InChI=1S/C23H26F3N3O2/c1-3-17-8-10-18(11-9-17)22(31)29-14-12-28(13-15-29)16(2)21(30)27-20-7-5-4-6-19(20)23(24,25)26/h4-11,16H,3,12-15H2,1-2H3,(H,27,30). The van der Waals surface area contributed by atoms with Gasteiger partial charge in [-0.05, 0) is 43.2 Å². The summed E-state index contributed by atoms with van der Waals surface area (Å²) in [7, 11) is 0. The average Bonchev–Trinajstić information content (AvgIpc) is 2.78. The number of piperazine rings is 1. The molecule has 5 nitrogen and oxygen atoms in total. The Labute approximate surface area is 179 Å². The van der Waals surface area contributed by atoms with Crippen molar-refractivity contribution in [2.45, 2.75) is 32.5 Å². The van der Waals surface area contributed by atoms with Crippen molar-refractivity contribution >= 4 is 17.5 Å². The van der Waals surface area contributed by atoms with Crippen LogP contribution in [0.3, 0.4) is 0 Å². The Bertz CT molecular complexity index is 920. The van der Waals surface area contributed by atoms with Gasteiger partial charge in [0, 0.05) is 31.7 Å². The fraction of sp³-hybridized carbons (Fsp3) is 0.391. The predicted octanol–water partition coefficient (Wildman–Crippen LogP) is 4.05. The van der Waals surface area contributed by atoms with Crippen molar-refractivity contribution in [3.63, 3.8) is 0 Å². The van der Waals surface area contributed by atoms with Crippen molar-refractivity contribution in [3.05, 3.63) is 65.2 Å². The number of rotatable bonds is 5. The highest BCUT2D eigenvalue weighted by Crippen LogP contribution is 2.34. The third-order valence-electron chi connectivity index (χ3n) is 5.63. The molecular formula is C23H26F3N3O2. The van der Waals surface area contributed by atoms with Gasteiger partial charge in [0.25, 0.3) is 5.91 Å². The Morgan fingerprint density at radius 2 is 1.61 bits per heavy atom. The first-order valence-corrected chi connectivity index (χ1v) is 10.3. The third kappa shape index (κ3) is 5.44. The molecule has 2 amide bonds. The van der Waals surface area contributed by atoms with E-state index < -0.39 is 23.7 Å². The van der Waals surface area contributed by atoms with Crippen LogP contribution in [0.5, 0.6) is 0 Å². The lowest BCUT2D eigenvalue weighted by Gasteiger charge is -2.37. The number of benzene rings is 2. The van der Waals surface area contributed by atoms with Gasteiger partial charge in [0.2, 0.25) is 5.91 Å². The highest BCUT2D eigenvalue weighted by Gasteiger charge is 2.34. The number of para-hydroxylation sites is 1. The van der Waals surface area contributed by atoms with E-state index >= 15 is 0 Å². The molecule has 1 heterocycles. The Kier molecular flexibility index (Phi) is 7.00. The fourth-order valence-corrected chi connectivity index (χ4v) is 3.62. The first-order valence-electron chi connectivity index (χ1n) is 10.3. The smallest absolute Gasteiger partial charge is 0.336 e. The number of nitrogens with zero attached hydrogens (tertiary/aromatic N) is 2. The van der Waals surface area contributed by atoms with Crippen LogP contribution in [0.1, 0.15) is 35.3 Å². The van der Waals surface area contributed by atoms with E-state index in [9.17, 15) is 22.8 Å². The molecule has 166 valence electrons. The number of hydrogen-bond acceptors (Lipinski definition) is 3. The molecule has 0 aromatic heterocycles. The van der Waals surface area contributed by atoms with Gasteiger partial charge >= 0.3 is 6.18 Å². The predicted molar refractivity (Wildman–Crippen MR) is 113 cm³/mol. The third-order valence-corrected chi connectivity index (χ3v) is 5.63. The molecule has 1 N–H and O–H groups in total. The molecule has 2 aromatic rings. The van der Waals surface area contributed by atoms with Crippen molar-refractivity contribution in [3.8, 4) is 0 Å². The molecule has 1 aliphatic rings. The SMILES string of the molecule is CCc1ccc(C(=O)N2CCN(C(C)C(=O)Nc3ccccc3C(F)(F)F)CC2)cc1. The molecule has 0 radical (unpaired) electrons. The largest absolute Gasteiger partial charge is 0.418 e. The number of anilines is 1. The first-order chi connectivity index (χ1) is 14.7. The monoisotopic (exact) mass is 433 g/mol. The van der Waals surface area contributed by atoms with E-state index in [2.05, 4.69) is 12.2 Å². The maximum atomic E-state index is 13.2. The van der Waals surface area contributed by atoms with Gasteiger partial charge in [-0.15, -0.1) is 0 Å². The van der Waals surface area contributed by atoms with Crippen LogP contribution in [0, 0.1) is 0 Å². The molecule has 1 atom stereocenters. The normalized spacial score (nSPS) is 16.1. The average molecular weight is 433 g/mol. The minimum Gasteiger partial charge on any atom is -0.336 e. The van der Waals surface area contributed by atoms with Gasteiger partial charge in [-0.1, -0.05) is 31.2 Å². The van der Waals surface area contributed by atoms with E-state index in [4.69, 9.17) is 0 Å². The summed E-state index contributed by atoms with van der Waals surface area (Å²) in [6.07, 6.45) is -3.64. The molecule has 31 heavy (non-hydrogen) atoms. The highest BCUT2D eigenvalue weighted by molar-refractivity contribution is 5.96. The summed E-state index contributed by atoms with van der Waals surface area (Å²) in [6.45, 7) is 5.54. The molecule has 1 fully saturated rings. The second kappa shape index (κ2) is 9.51. The van der Waals surface area contributed by atoms with Crippen LogP contribution in [0.25, 0.3) is 0 Å². The molecule has 0 bridgehead atoms. The zero-order valence-electron chi connectivity index (χ0n) is 17.6. The quantitative estimate of drug-likeness (QED) is 0.774. The summed E-state index contributed by atoms with van der Waals surface area (Å²) in [5.41, 5.74) is 0.657. The lowest BCUT2D eigenvalue weighted by molar-refractivity contribution is -0.137. The summed E-state index contributed by atoms with van der Waals surface area (Å²) in [4.78, 5) is 28.9. The summed E-state index contributed by atoms with van der Waals surface area (Å²) in [5.74, 6) is -0.565. The Balaban J connectivity index is 1.58. The maximum Gasteiger partial charge on any atom is 0.418 e. The molecule has 0 aliphatic carbocycles. The molecule has 0 spiro atoms. The van der Waals surface area contributed by atoms with Crippen LogP contribution >= 0.6 is 0 Å². The van der Waals surface area contributed by atoms with E-state index in [1.54, 1.807) is 11.8 Å². The van der Waals surface area contributed by atoms with Gasteiger partial charge in [0.15, 0.2) is 0 Å². The first kappa shape index (κ1) is 22.8. The molecule has 1 aliphatic heterocycles. The van der Waals surface area contributed by atoms with Crippen molar-refractivity contribution in [2.75, 3.05) is 31.5 Å². The number of amides is 2. The van der Waals surface area contributed by atoms with E-state index in [1.165, 1.54) is 18.2 Å². The van der Waals surface area contributed by atoms with Crippen LogP contribution in [0.15, 0.2) is 48.5 Å². The molecule has 3 rings (SSSR count). The van der Waals surface area contributed by atoms with Gasteiger partial charge in [0.05, 0.1) is 17.3 Å². The molecule has 2 aromatic carbocycles. The van der Waals surface area contributed by atoms with Crippen LogP contribution < -0.4 is 5.32 Å². The summed E-state index contributed by atoms with van der Waals surface area (Å²) in [6, 6.07) is 11.8. The number of aryl methyl sites for hydroxylation is 1. The van der Waals surface area contributed by atoms with Crippen molar-refractivity contribution in [2.24, 2.45) is 0 Å².